The lowest BCUT2D eigenvalue weighted by Gasteiger charge is -2.10. The molecule has 1 nitrogen and oxygen atoms in total. The molecule has 0 atom stereocenters. The van der Waals surface area contributed by atoms with Crippen LogP contribution in [0.2, 0.25) is 0 Å². The van der Waals surface area contributed by atoms with Crippen molar-refractivity contribution in [3.8, 4) is 0 Å². The van der Waals surface area contributed by atoms with Gasteiger partial charge in [-0.1, -0.05) is 121 Å². The minimum atomic E-state index is 0.982. The molecule has 0 aromatic heterocycles. The van der Waals surface area contributed by atoms with Crippen LogP contribution in [0.4, 0.5) is 0 Å². The lowest BCUT2D eigenvalue weighted by atomic mass is 9.94. The van der Waals surface area contributed by atoms with E-state index in [-0.39, 0.29) is 0 Å². The number of nitrogens with zero attached hydrogens (tertiary/aromatic N) is 1. The minimum absolute atomic E-state index is 0.982. The quantitative estimate of drug-likeness (QED) is 0.381. The molecule has 0 saturated carbocycles. The standard InChI is InChI=1S/C31H27N/c1-24-16-18-27(19-17-24)30(25-10-5-3-6-11-25)14-9-15-31(26-12-7-4-8-13-26)28-20-22-29(32-2)23-21-28/h3-23H,1-2H3/b15-9+,30-14+,31-28?,32-29?. The molecule has 0 amide bonds. The number of aryl methyl sites for hydroxylation is 1. The van der Waals surface area contributed by atoms with Gasteiger partial charge in [-0.2, -0.15) is 0 Å². The maximum atomic E-state index is 4.27. The summed E-state index contributed by atoms with van der Waals surface area (Å²) < 4.78 is 0. The third kappa shape index (κ3) is 5.19. The Hall–Kier alpha value is -3.97. The molecular formula is C31H27N. The molecule has 156 valence electrons. The highest BCUT2D eigenvalue weighted by atomic mass is 14.7. The van der Waals surface area contributed by atoms with Crippen LogP contribution in [0.15, 0.2) is 138 Å². The van der Waals surface area contributed by atoms with Gasteiger partial charge in [-0.3, -0.25) is 4.99 Å². The Kier molecular flexibility index (Phi) is 6.89. The molecule has 3 aromatic carbocycles. The monoisotopic (exact) mass is 413 g/mol. The summed E-state index contributed by atoms with van der Waals surface area (Å²) in [6, 6.07) is 29.8. The normalized spacial score (nSPS) is 13.6. The van der Waals surface area contributed by atoms with E-state index in [0.717, 1.165) is 5.71 Å². The maximum absolute atomic E-state index is 4.27. The highest BCUT2D eigenvalue weighted by Gasteiger charge is 2.07. The molecule has 1 aliphatic carbocycles. The summed E-state index contributed by atoms with van der Waals surface area (Å²) >= 11 is 0. The average molecular weight is 414 g/mol. The number of rotatable bonds is 5. The van der Waals surface area contributed by atoms with Gasteiger partial charge in [0.15, 0.2) is 0 Å². The van der Waals surface area contributed by atoms with Gasteiger partial charge >= 0.3 is 0 Å². The van der Waals surface area contributed by atoms with E-state index in [0.29, 0.717) is 0 Å². The zero-order valence-corrected chi connectivity index (χ0v) is 18.6. The fourth-order valence-electron chi connectivity index (χ4n) is 3.72. The molecule has 0 fully saturated rings. The lowest BCUT2D eigenvalue weighted by molar-refractivity contribution is 1.44. The molecule has 32 heavy (non-hydrogen) atoms. The Morgan fingerprint density at radius 2 is 1.22 bits per heavy atom. The summed E-state index contributed by atoms with van der Waals surface area (Å²) in [4.78, 5) is 4.27. The topological polar surface area (TPSA) is 12.4 Å². The number of benzene rings is 3. The maximum Gasteiger partial charge on any atom is 0.0571 e. The van der Waals surface area contributed by atoms with E-state index in [4.69, 9.17) is 0 Å². The fraction of sp³-hybridized carbons (Fsp3) is 0.0645. The zero-order valence-electron chi connectivity index (χ0n) is 18.6. The van der Waals surface area contributed by atoms with Gasteiger partial charge in [-0.05, 0) is 52.5 Å². The summed E-state index contributed by atoms with van der Waals surface area (Å²) in [5.41, 5.74) is 9.40. The predicted octanol–water partition coefficient (Wildman–Crippen LogP) is 7.63. The summed E-state index contributed by atoms with van der Waals surface area (Å²) in [6.07, 6.45) is 15.0. The van der Waals surface area contributed by atoms with Gasteiger partial charge in [0, 0.05) is 7.05 Å². The van der Waals surface area contributed by atoms with Gasteiger partial charge in [-0.15, -0.1) is 0 Å². The molecule has 0 spiro atoms. The SMILES string of the molecule is CN=C1C=CC(=C(/C=C/C=C(\c2ccccc2)c2ccc(C)cc2)c2ccccc2)C=C1. The van der Waals surface area contributed by atoms with Crippen LogP contribution < -0.4 is 0 Å². The summed E-state index contributed by atoms with van der Waals surface area (Å²) in [7, 11) is 1.82. The van der Waals surface area contributed by atoms with Gasteiger partial charge in [0.05, 0.1) is 5.71 Å². The third-order valence-corrected chi connectivity index (χ3v) is 5.49. The Labute approximate surface area is 191 Å². The summed E-state index contributed by atoms with van der Waals surface area (Å²) in [6.45, 7) is 2.12. The highest BCUT2D eigenvalue weighted by molar-refractivity contribution is 6.06. The minimum Gasteiger partial charge on any atom is -0.289 e. The van der Waals surface area contributed by atoms with E-state index in [1.807, 2.05) is 7.05 Å². The van der Waals surface area contributed by atoms with Crippen LogP contribution in [0.5, 0.6) is 0 Å². The largest absolute Gasteiger partial charge is 0.289 e. The van der Waals surface area contributed by atoms with Gasteiger partial charge in [0.1, 0.15) is 0 Å². The van der Waals surface area contributed by atoms with E-state index in [1.54, 1.807) is 0 Å². The van der Waals surface area contributed by atoms with E-state index >= 15 is 0 Å². The molecule has 0 bridgehead atoms. The molecule has 0 radical (unpaired) electrons. The molecule has 3 aromatic rings. The van der Waals surface area contributed by atoms with Crippen LogP contribution in [0.3, 0.4) is 0 Å². The Morgan fingerprint density at radius 1 is 0.656 bits per heavy atom. The average Bonchev–Trinajstić information content (AvgIpc) is 2.86. The van der Waals surface area contributed by atoms with E-state index in [1.165, 1.54) is 39.0 Å². The van der Waals surface area contributed by atoms with Crippen LogP contribution in [-0.2, 0) is 0 Å². The second kappa shape index (κ2) is 10.4. The molecular weight excluding hydrogens is 386 g/mol. The molecule has 1 aliphatic rings. The van der Waals surface area contributed by atoms with Crippen molar-refractivity contribution in [1.82, 2.24) is 0 Å². The number of hydrogen-bond donors (Lipinski definition) is 0. The molecule has 0 unspecified atom stereocenters. The van der Waals surface area contributed by atoms with Gasteiger partial charge in [0.2, 0.25) is 0 Å². The Morgan fingerprint density at radius 3 is 1.81 bits per heavy atom. The van der Waals surface area contributed by atoms with Crippen molar-refractivity contribution in [2.45, 2.75) is 6.92 Å². The lowest BCUT2D eigenvalue weighted by Crippen LogP contribution is -1.95. The first-order valence-electron chi connectivity index (χ1n) is 10.9. The van der Waals surface area contributed by atoms with Crippen LogP contribution in [0.1, 0.15) is 22.3 Å². The van der Waals surface area contributed by atoms with Crippen LogP contribution in [0.25, 0.3) is 11.1 Å². The smallest absolute Gasteiger partial charge is 0.0571 e. The highest BCUT2D eigenvalue weighted by Crippen LogP contribution is 2.26. The molecule has 0 heterocycles. The number of allylic oxidation sites excluding steroid dienone is 9. The number of aliphatic imine (C=N–C) groups is 1. The van der Waals surface area contributed by atoms with Crippen LogP contribution >= 0.6 is 0 Å². The van der Waals surface area contributed by atoms with Crippen LogP contribution in [-0.4, -0.2) is 12.8 Å². The van der Waals surface area contributed by atoms with Gasteiger partial charge in [-0.25, -0.2) is 0 Å². The van der Waals surface area contributed by atoms with Crippen molar-refractivity contribution >= 4 is 16.9 Å². The Bertz CT molecular complexity index is 1210. The second-order valence-corrected chi connectivity index (χ2v) is 7.72. The van der Waals surface area contributed by atoms with Gasteiger partial charge in [0.25, 0.3) is 0 Å². The first kappa shape index (κ1) is 21.3. The van der Waals surface area contributed by atoms with Gasteiger partial charge < -0.3 is 0 Å². The van der Waals surface area contributed by atoms with Crippen molar-refractivity contribution in [1.29, 1.82) is 0 Å². The first-order chi connectivity index (χ1) is 15.7. The molecule has 0 saturated heterocycles. The van der Waals surface area contributed by atoms with E-state index in [2.05, 4.69) is 139 Å². The fourth-order valence-corrected chi connectivity index (χ4v) is 3.72. The second-order valence-electron chi connectivity index (χ2n) is 7.72. The molecule has 4 rings (SSSR count). The first-order valence-corrected chi connectivity index (χ1v) is 10.9. The van der Waals surface area contributed by atoms with Crippen molar-refractivity contribution < 1.29 is 0 Å². The van der Waals surface area contributed by atoms with Crippen LogP contribution in [0, 0.1) is 6.92 Å². The summed E-state index contributed by atoms with van der Waals surface area (Å²) in [5, 5.41) is 0. The van der Waals surface area contributed by atoms with Crippen molar-refractivity contribution in [2.75, 3.05) is 7.05 Å². The van der Waals surface area contributed by atoms with E-state index < -0.39 is 0 Å². The Balaban J connectivity index is 1.77. The summed E-state index contributed by atoms with van der Waals surface area (Å²) in [5.74, 6) is 0. The number of hydrogen-bond acceptors (Lipinski definition) is 1. The zero-order chi connectivity index (χ0) is 22.2. The molecule has 0 aliphatic heterocycles. The van der Waals surface area contributed by atoms with Crippen molar-refractivity contribution in [3.05, 3.63) is 155 Å². The molecule has 0 N–H and O–H groups in total. The third-order valence-electron chi connectivity index (χ3n) is 5.49. The van der Waals surface area contributed by atoms with Crippen molar-refractivity contribution in [2.24, 2.45) is 4.99 Å². The molecule has 1 heteroatoms. The van der Waals surface area contributed by atoms with Crippen molar-refractivity contribution in [3.63, 3.8) is 0 Å². The predicted molar refractivity (Wildman–Crippen MR) is 139 cm³/mol. The van der Waals surface area contributed by atoms with E-state index in [9.17, 15) is 0 Å².